The summed E-state index contributed by atoms with van der Waals surface area (Å²) in [6.07, 6.45) is -0.330. The number of H-pyrrole nitrogens is 1. The molecule has 0 bridgehead atoms. The first kappa shape index (κ1) is 8.16. The topological polar surface area (TPSA) is 54.1 Å². The van der Waals surface area contributed by atoms with E-state index in [2.05, 4.69) is 10.3 Å². The number of rotatable bonds is 1. The predicted octanol–water partition coefficient (Wildman–Crippen LogP) is 1.41. The Morgan fingerprint density at radius 1 is 1.54 bits per heavy atom. The van der Waals surface area contributed by atoms with Gasteiger partial charge in [-0.2, -0.15) is 0 Å². The van der Waals surface area contributed by atoms with Crippen LogP contribution in [-0.4, -0.2) is 17.7 Å². The molecule has 70 valence electrons. The highest BCUT2D eigenvalue weighted by Crippen LogP contribution is 2.22. The zero-order chi connectivity index (χ0) is 9.42. The monoisotopic (exact) mass is 180 g/mol. The van der Waals surface area contributed by atoms with E-state index in [-0.39, 0.29) is 12.1 Å². The summed E-state index contributed by atoms with van der Waals surface area (Å²) in [5.74, 6) is 0. The molecular weight excluding hydrogens is 168 g/mol. The molecular formula is C9H12N2O2. The molecule has 0 aromatic carbocycles. The molecule has 4 nitrogen and oxygen atoms in total. The molecule has 1 unspecified atom stereocenters. The van der Waals surface area contributed by atoms with Crippen LogP contribution < -0.4 is 5.32 Å². The van der Waals surface area contributed by atoms with Crippen LogP contribution in [0.2, 0.25) is 0 Å². The van der Waals surface area contributed by atoms with E-state index in [0.29, 0.717) is 6.61 Å². The second-order valence-electron chi connectivity index (χ2n) is 3.33. The van der Waals surface area contributed by atoms with E-state index in [1.165, 1.54) is 0 Å². The quantitative estimate of drug-likeness (QED) is 0.686. The fourth-order valence-electron chi connectivity index (χ4n) is 1.66. The third kappa shape index (κ3) is 1.39. The number of amides is 1. The summed E-state index contributed by atoms with van der Waals surface area (Å²) in [7, 11) is 0. The van der Waals surface area contributed by atoms with Crippen LogP contribution >= 0.6 is 0 Å². The summed E-state index contributed by atoms with van der Waals surface area (Å²) in [5, 5.41) is 2.74. The van der Waals surface area contributed by atoms with Crippen molar-refractivity contribution in [1.82, 2.24) is 10.3 Å². The van der Waals surface area contributed by atoms with Crippen molar-refractivity contribution in [3.63, 3.8) is 0 Å². The van der Waals surface area contributed by atoms with Crippen molar-refractivity contribution in [3.05, 3.63) is 23.0 Å². The lowest BCUT2D eigenvalue weighted by atomic mass is 10.1. The Hall–Kier alpha value is -1.45. The van der Waals surface area contributed by atoms with E-state index >= 15 is 0 Å². The van der Waals surface area contributed by atoms with Gasteiger partial charge in [0.25, 0.3) is 0 Å². The number of ether oxygens (including phenoxy) is 1. The van der Waals surface area contributed by atoms with Gasteiger partial charge in [0, 0.05) is 11.4 Å². The van der Waals surface area contributed by atoms with Gasteiger partial charge in [-0.3, -0.25) is 0 Å². The van der Waals surface area contributed by atoms with E-state index in [0.717, 1.165) is 17.0 Å². The Labute approximate surface area is 76.3 Å². The molecule has 1 aromatic rings. The number of hydrogen-bond acceptors (Lipinski definition) is 2. The van der Waals surface area contributed by atoms with Crippen molar-refractivity contribution in [1.29, 1.82) is 0 Å². The summed E-state index contributed by atoms with van der Waals surface area (Å²) < 4.78 is 4.82. The molecule has 1 fully saturated rings. The van der Waals surface area contributed by atoms with Crippen molar-refractivity contribution in [2.75, 3.05) is 6.61 Å². The van der Waals surface area contributed by atoms with Crippen molar-refractivity contribution in [3.8, 4) is 0 Å². The van der Waals surface area contributed by atoms with Crippen molar-refractivity contribution >= 4 is 6.09 Å². The van der Waals surface area contributed by atoms with Crippen LogP contribution in [-0.2, 0) is 4.74 Å². The predicted molar refractivity (Wildman–Crippen MR) is 47.5 cm³/mol. The Balaban J connectivity index is 2.25. The summed E-state index contributed by atoms with van der Waals surface area (Å²) in [6.45, 7) is 4.41. The third-order valence-corrected chi connectivity index (χ3v) is 2.24. The van der Waals surface area contributed by atoms with Gasteiger partial charge in [-0.25, -0.2) is 4.79 Å². The molecule has 0 spiro atoms. The van der Waals surface area contributed by atoms with Gasteiger partial charge < -0.3 is 15.0 Å². The molecule has 1 aromatic heterocycles. The lowest BCUT2D eigenvalue weighted by Crippen LogP contribution is -2.18. The van der Waals surface area contributed by atoms with Gasteiger partial charge in [-0.05, 0) is 25.5 Å². The number of aromatic amines is 1. The Bertz CT molecular complexity index is 343. The normalized spacial score (nSPS) is 21.4. The Kier molecular flexibility index (Phi) is 1.76. The summed E-state index contributed by atoms with van der Waals surface area (Å²) >= 11 is 0. The highest BCUT2D eigenvalue weighted by molar-refractivity contribution is 5.70. The second-order valence-corrected chi connectivity index (χ2v) is 3.33. The van der Waals surface area contributed by atoms with Crippen molar-refractivity contribution < 1.29 is 9.53 Å². The van der Waals surface area contributed by atoms with Gasteiger partial charge >= 0.3 is 6.09 Å². The fraction of sp³-hybridized carbons (Fsp3) is 0.444. The highest BCUT2D eigenvalue weighted by Gasteiger charge is 2.25. The van der Waals surface area contributed by atoms with Crippen LogP contribution in [0.3, 0.4) is 0 Å². The largest absolute Gasteiger partial charge is 0.447 e. The number of nitrogens with one attached hydrogen (secondary N) is 2. The van der Waals surface area contributed by atoms with Crippen molar-refractivity contribution in [2.45, 2.75) is 19.9 Å². The van der Waals surface area contributed by atoms with Crippen LogP contribution in [0, 0.1) is 13.8 Å². The maximum atomic E-state index is 10.8. The highest BCUT2D eigenvalue weighted by atomic mass is 16.6. The summed E-state index contributed by atoms with van der Waals surface area (Å²) in [4.78, 5) is 14.0. The average molecular weight is 180 g/mol. The Morgan fingerprint density at radius 3 is 2.77 bits per heavy atom. The zero-order valence-electron chi connectivity index (χ0n) is 7.68. The second kappa shape index (κ2) is 2.80. The smallest absolute Gasteiger partial charge is 0.407 e. The minimum atomic E-state index is -0.330. The molecule has 2 N–H and O–H groups in total. The van der Waals surface area contributed by atoms with Crippen LogP contribution in [0.4, 0.5) is 4.79 Å². The molecule has 1 atom stereocenters. The number of aromatic nitrogens is 1. The van der Waals surface area contributed by atoms with E-state index in [1.807, 2.05) is 19.9 Å². The van der Waals surface area contributed by atoms with Gasteiger partial charge in [0.15, 0.2) is 0 Å². The molecule has 0 radical (unpaired) electrons. The van der Waals surface area contributed by atoms with Crippen molar-refractivity contribution in [2.24, 2.45) is 0 Å². The molecule has 4 heteroatoms. The van der Waals surface area contributed by atoms with E-state index in [4.69, 9.17) is 4.74 Å². The molecule has 1 aliphatic rings. The van der Waals surface area contributed by atoms with Crippen LogP contribution in [0.25, 0.3) is 0 Å². The first-order chi connectivity index (χ1) is 6.16. The molecule has 2 heterocycles. The average Bonchev–Trinajstić information content (AvgIpc) is 2.58. The fourth-order valence-corrected chi connectivity index (χ4v) is 1.66. The molecule has 1 aliphatic heterocycles. The third-order valence-electron chi connectivity index (χ3n) is 2.24. The van der Waals surface area contributed by atoms with Crippen LogP contribution in [0.15, 0.2) is 6.07 Å². The lowest BCUT2D eigenvalue weighted by Gasteiger charge is -2.05. The first-order valence-corrected chi connectivity index (χ1v) is 4.26. The van der Waals surface area contributed by atoms with Gasteiger partial charge in [-0.1, -0.05) is 0 Å². The molecule has 13 heavy (non-hydrogen) atoms. The van der Waals surface area contributed by atoms with Crippen LogP contribution in [0.5, 0.6) is 0 Å². The van der Waals surface area contributed by atoms with E-state index in [9.17, 15) is 4.79 Å². The number of alkyl carbamates (subject to hydrolysis) is 1. The molecule has 2 rings (SSSR count). The standard InChI is InChI=1S/C9H12N2O2/c1-5-3-7(6(2)10-5)8-4-13-9(12)11-8/h3,8,10H,4H2,1-2H3,(H,11,12). The lowest BCUT2D eigenvalue weighted by molar-refractivity contribution is 0.177. The molecule has 1 amide bonds. The Morgan fingerprint density at radius 2 is 2.31 bits per heavy atom. The summed E-state index contributed by atoms with van der Waals surface area (Å²) in [5.41, 5.74) is 3.31. The number of aryl methyl sites for hydroxylation is 2. The van der Waals surface area contributed by atoms with Crippen LogP contribution in [0.1, 0.15) is 23.0 Å². The zero-order valence-corrected chi connectivity index (χ0v) is 7.68. The SMILES string of the molecule is Cc1cc(C2COC(=O)N2)c(C)[nH]1. The maximum absolute atomic E-state index is 10.8. The molecule has 0 aliphatic carbocycles. The number of hydrogen-bond donors (Lipinski definition) is 2. The van der Waals surface area contributed by atoms with Gasteiger partial charge in [0.05, 0.1) is 6.04 Å². The minimum absolute atomic E-state index is 0.0115. The van der Waals surface area contributed by atoms with Gasteiger partial charge in [0.1, 0.15) is 6.61 Å². The summed E-state index contributed by atoms with van der Waals surface area (Å²) in [6, 6.07) is 2.05. The number of carbonyl (C=O) groups is 1. The molecule has 1 saturated heterocycles. The van der Waals surface area contributed by atoms with Gasteiger partial charge in [0.2, 0.25) is 0 Å². The van der Waals surface area contributed by atoms with E-state index < -0.39 is 0 Å². The maximum Gasteiger partial charge on any atom is 0.407 e. The van der Waals surface area contributed by atoms with Gasteiger partial charge in [-0.15, -0.1) is 0 Å². The number of cyclic esters (lactones) is 1. The van der Waals surface area contributed by atoms with E-state index in [1.54, 1.807) is 0 Å². The first-order valence-electron chi connectivity index (χ1n) is 4.26. The minimum Gasteiger partial charge on any atom is -0.447 e. The number of carbonyl (C=O) groups excluding carboxylic acids is 1. The molecule has 0 saturated carbocycles.